The summed E-state index contributed by atoms with van der Waals surface area (Å²) in [5, 5.41) is 45.9. The lowest BCUT2D eigenvalue weighted by Crippen LogP contribution is -2.25. The molecule has 0 aromatic heterocycles. The van der Waals surface area contributed by atoms with E-state index >= 15 is 0 Å². The van der Waals surface area contributed by atoms with E-state index in [9.17, 15) is 40.0 Å². The Hall–Kier alpha value is -3.82. The van der Waals surface area contributed by atoms with Crippen LogP contribution in [0.3, 0.4) is 0 Å². The highest BCUT2D eigenvalue weighted by Crippen LogP contribution is 2.46. The van der Waals surface area contributed by atoms with Crippen LogP contribution in [0.5, 0.6) is 11.5 Å². The third-order valence-corrected chi connectivity index (χ3v) is 7.12. The number of carbonyl (C=O) groups excluding carboxylic acids is 2. The molecule has 2 aromatic rings. The summed E-state index contributed by atoms with van der Waals surface area (Å²) in [5.74, 6) is -3.28. The molecule has 3 rings (SSSR count). The van der Waals surface area contributed by atoms with Gasteiger partial charge in [-0.25, -0.2) is 0 Å². The smallest absolute Gasteiger partial charge is 0.281 e. The van der Waals surface area contributed by atoms with Crippen molar-refractivity contribution in [1.29, 1.82) is 0 Å². The van der Waals surface area contributed by atoms with Crippen LogP contribution in [0, 0.1) is 20.2 Å². The van der Waals surface area contributed by atoms with Crippen LogP contribution in [0.1, 0.15) is 121 Å². The molecule has 1 aliphatic rings. The van der Waals surface area contributed by atoms with E-state index in [0.29, 0.717) is 12.8 Å². The third-order valence-electron chi connectivity index (χ3n) is 7.12. The first-order chi connectivity index (χ1) is 18.1. The molecule has 10 heteroatoms. The van der Waals surface area contributed by atoms with E-state index in [1.54, 1.807) is 0 Å². The van der Waals surface area contributed by atoms with Crippen LogP contribution in [0.25, 0.3) is 0 Å². The molecular formula is C28H34N2O8. The van der Waals surface area contributed by atoms with Crippen molar-refractivity contribution in [2.24, 2.45) is 0 Å². The van der Waals surface area contributed by atoms with Crippen LogP contribution in [0.4, 0.5) is 11.4 Å². The first-order valence-corrected chi connectivity index (χ1v) is 13.3. The maximum atomic E-state index is 13.7. The third kappa shape index (κ3) is 5.69. The second-order valence-corrected chi connectivity index (χ2v) is 9.81. The highest BCUT2D eigenvalue weighted by molar-refractivity contribution is 6.33. The molecule has 0 unspecified atom stereocenters. The number of unbranched alkanes of at least 4 members (excludes halogenated alkanes) is 8. The highest BCUT2D eigenvalue weighted by Gasteiger charge is 2.44. The van der Waals surface area contributed by atoms with Crippen LogP contribution in [-0.2, 0) is 12.8 Å². The molecule has 2 aromatic carbocycles. The van der Waals surface area contributed by atoms with Crippen molar-refractivity contribution in [1.82, 2.24) is 0 Å². The topological polar surface area (TPSA) is 161 Å². The minimum atomic E-state index is -1.14. The number of benzene rings is 2. The Morgan fingerprint density at radius 2 is 0.947 bits per heavy atom. The summed E-state index contributed by atoms with van der Waals surface area (Å²) in [4.78, 5) is 49.4. The molecule has 2 N–H and O–H groups in total. The molecule has 204 valence electrons. The van der Waals surface area contributed by atoms with Gasteiger partial charge in [-0.3, -0.25) is 29.8 Å². The molecule has 10 nitrogen and oxygen atoms in total. The number of hydrogen-bond donors (Lipinski definition) is 2. The molecule has 1 aliphatic carbocycles. The fourth-order valence-corrected chi connectivity index (χ4v) is 5.08. The van der Waals surface area contributed by atoms with Gasteiger partial charge in [0, 0.05) is 23.3 Å². The van der Waals surface area contributed by atoms with E-state index in [2.05, 4.69) is 13.8 Å². The number of phenolic OH excluding ortho intramolecular Hbond substituents is 2. The van der Waals surface area contributed by atoms with Crippen molar-refractivity contribution in [3.05, 3.63) is 65.7 Å². The molecule has 0 atom stereocenters. The van der Waals surface area contributed by atoms with Crippen molar-refractivity contribution in [3.63, 3.8) is 0 Å². The molecular weight excluding hydrogens is 492 g/mol. The molecule has 0 bridgehead atoms. The van der Waals surface area contributed by atoms with Gasteiger partial charge >= 0.3 is 0 Å². The Balaban J connectivity index is 2.13. The number of nitrogens with zero attached hydrogens (tertiary/aromatic N) is 2. The van der Waals surface area contributed by atoms with Crippen molar-refractivity contribution in [2.75, 3.05) is 0 Å². The maximum absolute atomic E-state index is 13.7. The van der Waals surface area contributed by atoms with Gasteiger partial charge in [0.2, 0.25) is 11.6 Å². The Labute approximate surface area is 221 Å². The molecule has 38 heavy (non-hydrogen) atoms. The average Bonchev–Trinajstić information content (AvgIpc) is 2.87. The van der Waals surface area contributed by atoms with E-state index in [0.717, 1.165) is 63.5 Å². The second kappa shape index (κ2) is 12.6. The molecule has 0 fully saturated rings. The molecule has 0 amide bonds. The van der Waals surface area contributed by atoms with Gasteiger partial charge in [0.25, 0.3) is 11.4 Å². The number of aromatic hydroxyl groups is 2. The lowest BCUT2D eigenvalue weighted by molar-refractivity contribution is -0.385. The molecule has 0 saturated carbocycles. The van der Waals surface area contributed by atoms with Gasteiger partial charge in [0.1, 0.15) is 22.6 Å². The van der Waals surface area contributed by atoms with Crippen LogP contribution < -0.4 is 0 Å². The summed E-state index contributed by atoms with van der Waals surface area (Å²) in [7, 11) is 0. The van der Waals surface area contributed by atoms with E-state index in [4.69, 9.17) is 0 Å². The number of carbonyl (C=O) groups is 2. The molecule has 0 aliphatic heterocycles. The van der Waals surface area contributed by atoms with Gasteiger partial charge in [-0.1, -0.05) is 65.2 Å². The van der Waals surface area contributed by atoms with Gasteiger partial charge in [0.05, 0.1) is 21.0 Å². The first-order valence-electron chi connectivity index (χ1n) is 13.3. The van der Waals surface area contributed by atoms with Gasteiger partial charge in [0.15, 0.2) is 0 Å². The molecule has 0 radical (unpaired) electrons. The van der Waals surface area contributed by atoms with Crippen molar-refractivity contribution in [2.45, 2.75) is 90.9 Å². The summed E-state index contributed by atoms with van der Waals surface area (Å²) in [6.45, 7) is 4.13. The van der Waals surface area contributed by atoms with E-state index in [-0.39, 0.29) is 24.0 Å². The average molecular weight is 527 g/mol. The van der Waals surface area contributed by atoms with E-state index < -0.39 is 66.5 Å². The number of aryl methyl sites for hydroxylation is 2. The standard InChI is InChI=1S/C28H34N2O8/c1-3-5-7-9-11-13-17-15-19(29(35)36)21-23(25(17)31)28(34)24-22(27(21)33)20(30(37)38)16-18(26(24)32)14-12-10-8-6-4-2/h15-16,31-32H,3-14H2,1-2H3. The predicted octanol–water partition coefficient (Wildman–Crippen LogP) is 6.72. The summed E-state index contributed by atoms with van der Waals surface area (Å²) in [6.07, 6.45) is 9.39. The Morgan fingerprint density at radius 3 is 1.29 bits per heavy atom. The Morgan fingerprint density at radius 1 is 0.605 bits per heavy atom. The number of ketones is 2. The Bertz CT molecular complexity index is 1170. The largest absolute Gasteiger partial charge is 0.507 e. The number of hydrogen-bond acceptors (Lipinski definition) is 8. The summed E-state index contributed by atoms with van der Waals surface area (Å²) in [5.41, 5.74) is -3.62. The lowest BCUT2D eigenvalue weighted by atomic mass is 9.79. The van der Waals surface area contributed by atoms with Gasteiger partial charge in [-0.2, -0.15) is 0 Å². The fraction of sp³-hybridized carbons (Fsp3) is 0.500. The zero-order valence-corrected chi connectivity index (χ0v) is 21.9. The Kier molecular flexibility index (Phi) is 9.55. The van der Waals surface area contributed by atoms with Gasteiger partial charge < -0.3 is 10.2 Å². The zero-order valence-electron chi connectivity index (χ0n) is 21.9. The zero-order chi connectivity index (χ0) is 28.0. The summed E-state index contributed by atoms with van der Waals surface area (Å²) in [6, 6.07) is 2.14. The van der Waals surface area contributed by atoms with Crippen molar-refractivity contribution in [3.8, 4) is 11.5 Å². The van der Waals surface area contributed by atoms with Crippen LogP contribution in [0.2, 0.25) is 0 Å². The fourth-order valence-electron chi connectivity index (χ4n) is 5.08. The molecule has 0 saturated heterocycles. The summed E-state index contributed by atoms with van der Waals surface area (Å²) < 4.78 is 0. The number of fused-ring (bicyclic) bond motifs is 2. The quantitative estimate of drug-likeness (QED) is 0.133. The number of phenols is 2. The normalized spacial score (nSPS) is 12.4. The van der Waals surface area contributed by atoms with Crippen LogP contribution in [0.15, 0.2) is 12.1 Å². The van der Waals surface area contributed by atoms with E-state index in [1.807, 2.05) is 0 Å². The number of nitro benzene ring substituents is 2. The number of rotatable bonds is 14. The van der Waals surface area contributed by atoms with Crippen molar-refractivity contribution >= 4 is 22.9 Å². The molecule has 0 heterocycles. The minimum absolute atomic E-state index is 0.151. The lowest BCUT2D eigenvalue weighted by Gasteiger charge is -2.22. The monoisotopic (exact) mass is 526 g/mol. The van der Waals surface area contributed by atoms with E-state index in [1.165, 1.54) is 0 Å². The van der Waals surface area contributed by atoms with Crippen LogP contribution >= 0.6 is 0 Å². The minimum Gasteiger partial charge on any atom is -0.507 e. The molecule has 0 spiro atoms. The second-order valence-electron chi connectivity index (χ2n) is 9.81. The SMILES string of the molecule is CCCCCCCc1cc([N+](=O)[O-])c2c(c1O)C(=O)c1c(O)c(CCCCCCC)cc([N+](=O)[O-])c1C2=O. The maximum Gasteiger partial charge on any atom is 0.281 e. The van der Waals surface area contributed by atoms with Crippen LogP contribution in [-0.4, -0.2) is 31.6 Å². The predicted molar refractivity (Wildman–Crippen MR) is 141 cm³/mol. The van der Waals surface area contributed by atoms with Gasteiger partial charge in [-0.05, 0) is 25.7 Å². The highest BCUT2D eigenvalue weighted by atomic mass is 16.6. The van der Waals surface area contributed by atoms with Gasteiger partial charge in [-0.15, -0.1) is 0 Å². The summed E-state index contributed by atoms with van der Waals surface area (Å²) >= 11 is 0. The number of nitro groups is 2. The van der Waals surface area contributed by atoms with Crippen molar-refractivity contribution < 1.29 is 29.6 Å². The first kappa shape index (κ1) is 28.7.